The van der Waals surface area contributed by atoms with Gasteiger partial charge in [-0.25, -0.2) is 4.39 Å². The average Bonchev–Trinajstić information content (AvgIpc) is 2.33. The number of rotatable bonds is 2. The Labute approximate surface area is 164 Å². The summed E-state index contributed by atoms with van der Waals surface area (Å²) in [6.45, 7) is 0. The highest BCUT2D eigenvalue weighted by Gasteiger charge is 2.18. The molecule has 0 heterocycles. The topological polar surface area (TPSA) is 29.1 Å². The van der Waals surface area contributed by atoms with Crippen molar-refractivity contribution < 1.29 is 9.18 Å². The van der Waals surface area contributed by atoms with Crippen molar-refractivity contribution in [3.8, 4) is 0 Å². The fourth-order valence-corrected chi connectivity index (χ4v) is 5.93. The SMILES string of the molecule is O=C(Nc1c(I)cc(I)cc1I)c1c(F)cccc1Br. The molecule has 0 atom stereocenters. The standard InChI is InChI=1S/C13H6BrFI3NO/c14-7-2-1-3-8(15)11(7)13(20)19-12-9(17)4-6(16)5-10(12)18/h1-5H,(H,19,20). The maximum absolute atomic E-state index is 13.8. The first-order valence-corrected chi connectivity index (χ1v) is 9.33. The molecule has 2 nitrogen and oxygen atoms in total. The van der Waals surface area contributed by atoms with E-state index >= 15 is 0 Å². The lowest BCUT2D eigenvalue weighted by Crippen LogP contribution is -2.16. The van der Waals surface area contributed by atoms with Crippen LogP contribution in [-0.4, -0.2) is 5.91 Å². The second kappa shape index (κ2) is 7.18. The van der Waals surface area contributed by atoms with Gasteiger partial charge in [-0.1, -0.05) is 6.07 Å². The quantitative estimate of drug-likeness (QED) is 0.411. The highest BCUT2D eigenvalue weighted by Crippen LogP contribution is 2.29. The van der Waals surface area contributed by atoms with Crippen LogP contribution in [0.2, 0.25) is 0 Å². The predicted octanol–water partition coefficient (Wildman–Crippen LogP) is 5.65. The summed E-state index contributed by atoms with van der Waals surface area (Å²) < 4.78 is 17.1. The number of hydrogen-bond donors (Lipinski definition) is 1. The zero-order chi connectivity index (χ0) is 14.9. The normalized spacial score (nSPS) is 10.4. The molecule has 2 aromatic carbocycles. The van der Waals surface area contributed by atoms with Crippen molar-refractivity contribution in [3.05, 3.63) is 56.9 Å². The molecule has 0 aliphatic heterocycles. The van der Waals surface area contributed by atoms with Crippen LogP contribution in [0.5, 0.6) is 0 Å². The minimum atomic E-state index is -0.549. The minimum absolute atomic E-state index is 0.0117. The second-order valence-electron chi connectivity index (χ2n) is 3.80. The van der Waals surface area contributed by atoms with E-state index in [0.717, 1.165) is 10.7 Å². The molecule has 1 amide bonds. The van der Waals surface area contributed by atoms with Gasteiger partial charge in [0.1, 0.15) is 5.82 Å². The van der Waals surface area contributed by atoms with Gasteiger partial charge in [-0.3, -0.25) is 4.79 Å². The van der Waals surface area contributed by atoms with Crippen LogP contribution in [0.4, 0.5) is 10.1 Å². The molecule has 0 aliphatic rings. The number of carbonyl (C=O) groups excluding carboxylic acids is 1. The summed E-state index contributed by atoms with van der Waals surface area (Å²) in [5, 5.41) is 2.78. The van der Waals surface area contributed by atoms with Gasteiger partial charge in [0.25, 0.3) is 5.91 Å². The first-order chi connectivity index (χ1) is 9.40. The molecule has 7 heteroatoms. The van der Waals surface area contributed by atoms with Crippen molar-refractivity contribution in [1.82, 2.24) is 0 Å². The van der Waals surface area contributed by atoms with Crippen molar-refractivity contribution in [2.24, 2.45) is 0 Å². The maximum Gasteiger partial charge on any atom is 0.259 e. The van der Waals surface area contributed by atoms with E-state index in [9.17, 15) is 9.18 Å². The molecule has 0 aliphatic carbocycles. The van der Waals surface area contributed by atoms with Crippen LogP contribution in [0.15, 0.2) is 34.8 Å². The van der Waals surface area contributed by atoms with Crippen molar-refractivity contribution in [3.63, 3.8) is 0 Å². The molecule has 1 N–H and O–H groups in total. The highest BCUT2D eigenvalue weighted by atomic mass is 127. The van der Waals surface area contributed by atoms with E-state index in [4.69, 9.17) is 0 Å². The Hall–Kier alpha value is 0.510. The highest BCUT2D eigenvalue weighted by molar-refractivity contribution is 14.1. The number of anilines is 1. The van der Waals surface area contributed by atoms with Crippen molar-refractivity contribution in [2.75, 3.05) is 5.32 Å². The Morgan fingerprint density at radius 1 is 1.15 bits per heavy atom. The van der Waals surface area contributed by atoms with E-state index in [2.05, 4.69) is 89.0 Å². The summed E-state index contributed by atoms with van der Waals surface area (Å²) >= 11 is 9.72. The van der Waals surface area contributed by atoms with Gasteiger partial charge in [0.2, 0.25) is 0 Å². The molecule has 0 spiro atoms. The third kappa shape index (κ3) is 3.83. The molecule has 0 radical (unpaired) electrons. The monoisotopic (exact) mass is 671 g/mol. The summed E-state index contributed by atoms with van der Waals surface area (Å²) in [4.78, 5) is 12.3. The Kier molecular flexibility index (Phi) is 6.06. The van der Waals surface area contributed by atoms with E-state index in [-0.39, 0.29) is 5.56 Å². The molecule has 0 aromatic heterocycles. The molecule has 0 saturated heterocycles. The van der Waals surface area contributed by atoms with Crippen molar-refractivity contribution in [2.45, 2.75) is 0 Å². The number of halogens is 5. The Balaban J connectivity index is 2.38. The summed E-state index contributed by atoms with van der Waals surface area (Å²) in [5.74, 6) is -1.01. The first-order valence-electron chi connectivity index (χ1n) is 5.30. The summed E-state index contributed by atoms with van der Waals surface area (Å²) in [6.07, 6.45) is 0. The first kappa shape index (κ1) is 16.9. The summed E-state index contributed by atoms with van der Waals surface area (Å²) in [6, 6.07) is 8.37. The zero-order valence-electron chi connectivity index (χ0n) is 9.68. The number of benzene rings is 2. The fraction of sp³-hybridized carbons (Fsp3) is 0. The molecule has 0 unspecified atom stereocenters. The molecule has 104 valence electrons. The Bertz CT molecular complexity index is 650. The summed E-state index contributed by atoms with van der Waals surface area (Å²) in [5.41, 5.74) is 0.712. The summed E-state index contributed by atoms with van der Waals surface area (Å²) in [7, 11) is 0. The van der Waals surface area contributed by atoms with E-state index in [1.54, 1.807) is 12.1 Å². The molecule has 0 fully saturated rings. The lowest BCUT2D eigenvalue weighted by molar-refractivity contribution is 0.102. The Morgan fingerprint density at radius 3 is 2.30 bits per heavy atom. The van der Waals surface area contributed by atoms with Crippen molar-refractivity contribution in [1.29, 1.82) is 0 Å². The van der Waals surface area contributed by atoms with Gasteiger partial charge in [0.15, 0.2) is 0 Å². The third-order valence-corrected chi connectivity index (χ3v) is 5.42. The number of nitrogens with one attached hydrogen (secondary N) is 1. The molecule has 20 heavy (non-hydrogen) atoms. The van der Waals surface area contributed by atoms with Crippen LogP contribution >= 0.6 is 83.7 Å². The van der Waals surface area contributed by atoms with Crippen LogP contribution in [0, 0.1) is 16.5 Å². The van der Waals surface area contributed by atoms with E-state index in [0.29, 0.717) is 10.2 Å². The van der Waals surface area contributed by atoms with Gasteiger partial charge in [-0.15, -0.1) is 0 Å². The van der Waals surface area contributed by atoms with Crippen LogP contribution in [0.25, 0.3) is 0 Å². The predicted molar refractivity (Wildman–Crippen MR) is 107 cm³/mol. The van der Waals surface area contributed by atoms with Gasteiger partial charge in [0, 0.05) is 15.2 Å². The average molecular weight is 672 g/mol. The molecular formula is C13H6BrFI3NO. The van der Waals surface area contributed by atoms with Crippen molar-refractivity contribution >= 4 is 95.3 Å². The van der Waals surface area contributed by atoms with Crippen LogP contribution in [-0.2, 0) is 0 Å². The smallest absolute Gasteiger partial charge is 0.259 e. The zero-order valence-corrected chi connectivity index (χ0v) is 17.7. The van der Waals surface area contributed by atoms with Gasteiger partial charge < -0.3 is 5.32 Å². The van der Waals surface area contributed by atoms with E-state index in [1.807, 2.05) is 12.1 Å². The van der Waals surface area contributed by atoms with Gasteiger partial charge >= 0.3 is 0 Å². The minimum Gasteiger partial charge on any atom is -0.320 e. The lowest BCUT2D eigenvalue weighted by Gasteiger charge is -2.12. The Morgan fingerprint density at radius 2 is 1.75 bits per heavy atom. The van der Waals surface area contributed by atoms with Gasteiger partial charge in [0.05, 0.1) is 11.3 Å². The van der Waals surface area contributed by atoms with Crippen LogP contribution in [0.1, 0.15) is 10.4 Å². The molecule has 0 saturated carbocycles. The third-order valence-electron chi connectivity index (χ3n) is 2.44. The van der Waals surface area contributed by atoms with E-state index < -0.39 is 11.7 Å². The second-order valence-corrected chi connectivity index (χ2v) is 8.22. The molecular weight excluding hydrogens is 666 g/mol. The lowest BCUT2D eigenvalue weighted by atomic mass is 10.2. The molecule has 2 aromatic rings. The maximum atomic E-state index is 13.8. The van der Waals surface area contributed by atoms with E-state index in [1.165, 1.54) is 6.07 Å². The van der Waals surface area contributed by atoms with Gasteiger partial charge in [-0.05, 0) is 108 Å². The molecule has 2 rings (SSSR count). The largest absolute Gasteiger partial charge is 0.320 e. The molecule has 0 bridgehead atoms. The number of hydrogen-bond acceptors (Lipinski definition) is 1. The fourth-order valence-electron chi connectivity index (χ4n) is 1.55. The number of carbonyl (C=O) groups is 1. The number of amides is 1. The van der Waals surface area contributed by atoms with Gasteiger partial charge in [-0.2, -0.15) is 0 Å². The van der Waals surface area contributed by atoms with Crippen LogP contribution < -0.4 is 5.32 Å². The van der Waals surface area contributed by atoms with Crippen LogP contribution in [0.3, 0.4) is 0 Å².